The normalized spacial score (nSPS) is 10.2. The molecule has 0 unspecified atom stereocenters. The summed E-state index contributed by atoms with van der Waals surface area (Å²) in [6.45, 7) is 3.92. The Hall–Kier alpha value is -2.01. The highest BCUT2D eigenvalue weighted by Crippen LogP contribution is 2.26. The number of carbonyl (C=O) groups is 1. The summed E-state index contributed by atoms with van der Waals surface area (Å²) in [4.78, 5) is 11.8. The number of amides is 1. The van der Waals surface area contributed by atoms with Crippen molar-refractivity contribution in [1.29, 1.82) is 0 Å². The third kappa shape index (κ3) is 4.23. The van der Waals surface area contributed by atoms with E-state index >= 15 is 0 Å². The van der Waals surface area contributed by atoms with Crippen LogP contribution >= 0.6 is 15.9 Å². The molecule has 5 heteroatoms. The van der Waals surface area contributed by atoms with Crippen LogP contribution in [0.2, 0.25) is 0 Å². The first-order valence-electron chi connectivity index (χ1n) is 6.50. The molecule has 0 saturated carbocycles. The number of rotatable bonds is 4. The number of hydrogen-bond acceptors (Lipinski definition) is 3. The minimum absolute atomic E-state index is 0.0463. The lowest BCUT2D eigenvalue weighted by molar-refractivity contribution is -0.118. The molecule has 2 rings (SSSR count). The molecule has 0 spiro atoms. The Bertz CT molecular complexity index is 648. The van der Waals surface area contributed by atoms with Gasteiger partial charge in [0.05, 0.1) is 0 Å². The second kappa shape index (κ2) is 6.63. The molecule has 4 nitrogen and oxygen atoms in total. The summed E-state index contributed by atoms with van der Waals surface area (Å²) in [5.74, 6) is 0.453. The number of hydrogen-bond donors (Lipinski definition) is 2. The summed E-state index contributed by atoms with van der Waals surface area (Å²) in [6, 6.07) is 10.8. The topological polar surface area (TPSA) is 64.3 Å². The second-order valence-electron chi connectivity index (χ2n) is 4.83. The van der Waals surface area contributed by atoms with Crippen LogP contribution in [0.3, 0.4) is 0 Å². The summed E-state index contributed by atoms with van der Waals surface area (Å²) >= 11 is 3.50. The first-order valence-corrected chi connectivity index (χ1v) is 7.30. The van der Waals surface area contributed by atoms with Gasteiger partial charge < -0.3 is 15.8 Å². The monoisotopic (exact) mass is 348 g/mol. The Labute approximate surface area is 132 Å². The fourth-order valence-corrected chi connectivity index (χ4v) is 2.18. The van der Waals surface area contributed by atoms with Crippen LogP contribution in [0.1, 0.15) is 11.1 Å². The predicted molar refractivity (Wildman–Crippen MR) is 88.6 cm³/mol. The lowest BCUT2D eigenvalue weighted by Crippen LogP contribution is -2.20. The number of nitrogens with one attached hydrogen (secondary N) is 1. The molecule has 2 aromatic rings. The fourth-order valence-electron chi connectivity index (χ4n) is 1.95. The average Bonchev–Trinajstić information content (AvgIpc) is 2.42. The molecule has 0 aromatic heterocycles. The van der Waals surface area contributed by atoms with E-state index in [-0.39, 0.29) is 12.5 Å². The van der Waals surface area contributed by atoms with Crippen molar-refractivity contribution < 1.29 is 9.53 Å². The lowest BCUT2D eigenvalue weighted by atomic mass is 10.1. The quantitative estimate of drug-likeness (QED) is 0.828. The molecular formula is C16H17BrN2O2. The van der Waals surface area contributed by atoms with Crippen molar-refractivity contribution in [1.82, 2.24) is 0 Å². The van der Waals surface area contributed by atoms with Gasteiger partial charge in [-0.3, -0.25) is 4.79 Å². The van der Waals surface area contributed by atoms with E-state index < -0.39 is 0 Å². The van der Waals surface area contributed by atoms with E-state index in [9.17, 15) is 4.79 Å². The van der Waals surface area contributed by atoms with Crippen LogP contribution in [0, 0.1) is 13.8 Å². The van der Waals surface area contributed by atoms with E-state index in [1.807, 2.05) is 26.0 Å². The van der Waals surface area contributed by atoms with Crippen molar-refractivity contribution in [2.45, 2.75) is 13.8 Å². The molecule has 0 radical (unpaired) electrons. The van der Waals surface area contributed by atoms with Gasteiger partial charge in [0.25, 0.3) is 5.91 Å². The minimum atomic E-state index is -0.223. The second-order valence-corrected chi connectivity index (χ2v) is 5.63. The maximum Gasteiger partial charge on any atom is 0.262 e. The predicted octanol–water partition coefficient (Wildman–Crippen LogP) is 3.67. The molecule has 1 amide bonds. The zero-order valence-electron chi connectivity index (χ0n) is 11.9. The van der Waals surface area contributed by atoms with Crippen LogP contribution in [0.5, 0.6) is 5.75 Å². The summed E-state index contributed by atoms with van der Waals surface area (Å²) < 4.78 is 6.58. The van der Waals surface area contributed by atoms with E-state index in [1.54, 1.807) is 24.3 Å². The minimum Gasteiger partial charge on any atom is -0.484 e. The van der Waals surface area contributed by atoms with Gasteiger partial charge in [-0.15, -0.1) is 0 Å². The average molecular weight is 349 g/mol. The fraction of sp³-hybridized carbons (Fsp3) is 0.188. The Balaban J connectivity index is 1.95. The first-order chi connectivity index (χ1) is 9.95. The maximum atomic E-state index is 11.8. The van der Waals surface area contributed by atoms with Crippen molar-refractivity contribution in [2.75, 3.05) is 17.7 Å². The van der Waals surface area contributed by atoms with E-state index in [1.165, 1.54) is 0 Å². The summed E-state index contributed by atoms with van der Waals surface area (Å²) in [5.41, 5.74) is 9.06. The largest absolute Gasteiger partial charge is 0.484 e. The van der Waals surface area contributed by atoms with Crippen molar-refractivity contribution in [2.24, 2.45) is 0 Å². The highest BCUT2D eigenvalue weighted by atomic mass is 79.9. The summed E-state index contributed by atoms with van der Waals surface area (Å²) in [7, 11) is 0. The smallest absolute Gasteiger partial charge is 0.262 e. The molecule has 0 fully saturated rings. The van der Waals surface area contributed by atoms with Crippen LogP contribution in [0.15, 0.2) is 40.9 Å². The molecule has 2 aromatic carbocycles. The molecule has 21 heavy (non-hydrogen) atoms. The number of aryl methyl sites for hydroxylation is 2. The highest BCUT2D eigenvalue weighted by Gasteiger charge is 2.07. The van der Waals surface area contributed by atoms with Crippen LogP contribution in [0.4, 0.5) is 11.4 Å². The molecular weight excluding hydrogens is 332 g/mol. The van der Waals surface area contributed by atoms with Gasteiger partial charge in [0.2, 0.25) is 0 Å². The number of nitrogen functional groups attached to an aromatic ring is 1. The number of anilines is 2. The van der Waals surface area contributed by atoms with Crippen LogP contribution in [0.25, 0.3) is 0 Å². The molecule has 0 aliphatic rings. The van der Waals surface area contributed by atoms with Crippen LogP contribution < -0.4 is 15.8 Å². The molecule has 3 N–H and O–H groups in total. The third-order valence-electron chi connectivity index (χ3n) is 2.95. The number of benzene rings is 2. The number of ether oxygens (including phenoxy) is 1. The molecule has 0 aliphatic carbocycles. The van der Waals surface area contributed by atoms with Crippen molar-refractivity contribution in [3.63, 3.8) is 0 Å². The maximum absolute atomic E-state index is 11.8. The molecule has 0 atom stereocenters. The summed E-state index contributed by atoms with van der Waals surface area (Å²) in [5, 5.41) is 2.74. The van der Waals surface area contributed by atoms with Gasteiger partial charge in [-0.05, 0) is 55.3 Å². The Morgan fingerprint density at radius 3 is 2.52 bits per heavy atom. The number of nitrogens with two attached hydrogens (primary N) is 1. The highest BCUT2D eigenvalue weighted by molar-refractivity contribution is 9.10. The Kier molecular flexibility index (Phi) is 4.85. The van der Waals surface area contributed by atoms with Crippen molar-refractivity contribution >= 4 is 33.2 Å². The van der Waals surface area contributed by atoms with Gasteiger partial charge in [-0.25, -0.2) is 0 Å². The van der Waals surface area contributed by atoms with Gasteiger partial charge in [-0.1, -0.05) is 22.0 Å². The summed E-state index contributed by atoms with van der Waals surface area (Å²) in [6.07, 6.45) is 0. The Morgan fingerprint density at radius 2 is 1.90 bits per heavy atom. The van der Waals surface area contributed by atoms with Crippen molar-refractivity contribution in [3.8, 4) is 5.75 Å². The van der Waals surface area contributed by atoms with Crippen molar-refractivity contribution in [3.05, 3.63) is 52.0 Å². The molecule has 0 heterocycles. The Morgan fingerprint density at radius 1 is 1.24 bits per heavy atom. The van der Waals surface area contributed by atoms with E-state index in [0.717, 1.165) is 15.6 Å². The SMILES string of the molecule is Cc1cc(OCC(=O)Nc2cccc(N)c2)cc(C)c1Br. The third-order valence-corrected chi connectivity index (χ3v) is 4.20. The van der Waals surface area contributed by atoms with Gasteiger partial charge >= 0.3 is 0 Å². The first kappa shape index (κ1) is 15.4. The van der Waals surface area contributed by atoms with Gasteiger partial charge in [0, 0.05) is 15.8 Å². The van der Waals surface area contributed by atoms with E-state index in [0.29, 0.717) is 17.1 Å². The van der Waals surface area contributed by atoms with Crippen LogP contribution in [-0.2, 0) is 4.79 Å². The zero-order chi connectivity index (χ0) is 15.4. The van der Waals surface area contributed by atoms with E-state index in [4.69, 9.17) is 10.5 Å². The number of carbonyl (C=O) groups excluding carboxylic acids is 1. The number of halogens is 1. The van der Waals surface area contributed by atoms with Gasteiger partial charge in [0.15, 0.2) is 6.61 Å². The lowest BCUT2D eigenvalue weighted by Gasteiger charge is -2.10. The molecule has 0 bridgehead atoms. The zero-order valence-corrected chi connectivity index (χ0v) is 13.5. The molecule has 0 saturated heterocycles. The molecule has 110 valence electrons. The van der Waals surface area contributed by atoms with Gasteiger partial charge in [0.1, 0.15) is 5.75 Å². The van der Waals surface area contributed by atoms with E-state index in [2.05, 4.69) is 21.2 Å². The van der Waals surface area contributed by atoms with Crippen LogP contribution in [-0.4, -0.2) is 12.5 Å². The standard InChI is InChI=1S/C16H17BrN2O2/c1-10-6-14(7-11(2)16(10)17)21-9-15(20)19-13-5-3-4-12(18)8-13/h3-8H,9,18H2,1-2H3,(H,19,20). The van der Waals surface area contributed by atoms with Gasteiger partial charge in [-0.2, -0.15) is 0 Å². The molecule has 0 aliphatic heterocycles.